The average Bonchev–Trinajstić information content (AvgIpc) is 3.00. The lowest BCUT2D eigenvalue weighted by Gasteiger charge is -2.38. The lowest BCUT2D eigenvalue weighted by atomic mass is 10.1. The van der Waals surface area contributed by atoms with Crippen molar-refractivity contribution in [1.82, 2.24) is 24.8 Å². The van der Waals surface area contributed by atoms with E-state index in [0.29, 0.717) is 47.0 Å². The number of ether oxygens (including phenoxy) is 4. The van der Waals surface area contributed by atoms with E-state index in [4.69, 9.17) is 24.7 Å². The summed E-state index contributed by atoms with van der Waals surface area (Å²) in [5, 5.41) is 3.58. The average molecular weight is 615 g/mol. The number of aliphatic imine (C=N–C) groups is 1. The Balaban J connectivity index is 1.26. The maximum Gasteiger partial charge on any atom is 0.316 e. The van der Waals surface area contributed by atoms with Gasteiger partial charge in [-0.25, -0.2) is 24.3 Å². The number of aromatic nitrogens is 4. The first kappa shape index (κ1) is 30.7. The van der Waals surface area contributed by atoms with Crippen LogP contribution in [0.25, 0.3) is 10.9 Å². The van der Waals surface area contributed by atoms with Crippen LogP contribution in [-0.2, 0) is 4.79 Å². The van der Waals surface area contributed by atoms with Crippen LogP contribution in [0.3, 0.4) is 0 Å². The number of benzene rings is 2. The molecule has 1 amide bonds. The lowest BCUT2D eigenvalue weighted by molar-refractivity contribution is -0.134. The molecular weight excluding hydrogens is 583 g/mol. The van der Waals surface area contributed by atoms with Crippen molar-refractivity contribution in [2.24, 2.45) is 10.7 Å². The summed E-state index contributed by atoms with van der Waals surface area (Å²) < 4.78 is 37.7. The van der Waals surface area contributed by atoms with Crippen LogP contribution in [0.1, 0.15) is 13.8 Å². The van der Waals surface area contributed by atoms with Gasteiger partial charge in [-0.2, -0.15) is 0 Å². The normalized spacial score (nSPS) is 13.5. The molecule has 13 nitrogen and oxygen atoms in total. The minimum Gasteiger partial charge on any atom is -0.493 e. The number of halogens is 1. The molecule has 2 aromatic heterocycles. The van der Waals surface area contributed by atoms with Gasteiger partial charge in [0.1, 0.15) is 29.8 Å². The van der Waals surface area contributed by atoms with Gasteiger partial charge in [0, 0.05) is 29.8 Å². The molecule has 0 unspecified atom stereocenters. The molecule has 1 saturated heterocycles. The third-order valence-electron chi connectivity index (χ3n) is 6.40. The Kier molecular flexibility index (Phi) is 9.31. The fourth-order valence-electron chi connectivity index (χ4n) is 4.22. The number of hydrogen-bond donors (Lipinski definition) is 2. The summed E-state index contributed by atoms with van der Waals surface area (Å²) in [5.41, 5.74) is 7.12. The van der Waals surface area contributed by atoms with Gasteiger partial charge in [-0.05, 0) is 38.1 Å². The number of anilines is 2. The lowest BCUT2D eigenvalue weighted by Crippen LogP contribution is -2.55. The van der Waals surface area contributed by atoms with Crippen LogP contribution in [-0.4, -0.2) is 69.4 Å². The highest BCUT2D eigenvalue weighted by molar-refractivity contribution is 5.93. The first-order valence-electron chi connectivity index (χ1n) is 13.9. The summed E-state index contributed by atoms with van der Waals surface area (Å²) in [6.07, 6.45) is 8.22. The number of rotatable bonds is 12. The van der Waals surface area contributed by atoms with Crippen LogP contribution in [0, 0.1) is 5.82 Å². The van der Waals surface area contributed by atoms with Gasteiger partial charge in [0.25, 0.3) is 0 Å². The fourth-order valence-corrected chi connectivity index (χ4v) is 4.22. The van der Waals surface area contributed by atoms with E-state index in [2.05, 4.69) is 36.8 Å². The highest BCUT2D eigenvalue weighted by Gasteiger charge is 2.31. The van der Waals surface area contributed by atoms with Crippen molar-refractivity contribution >= 4 is 40.2 Å². The molecule has 0 radical (unpaired) electrons. The maximum atomic E-state index is 15.1. The number of carbonyl (C=O) groups excluding carboxylic acids is 1. The second kappa shape index (κ2) is 13.7. The third-order valence-corrected chi connectivity index (χ3v) is 6.40. The molecule has 4 aromatic rings. The molecule has 3 N–H and O–H groups in total. The van der Waals surface area contributed by atoms with Crippen LogP contribution >= 0.6 is 0 Å². The number of fused-ring (bicyclic) bond motifs is 1. The molecule has 1 aliphatic heterocycles. The summed E-state index contributed by atoms with van der Waals surface area (Å²) in [7, 11) is 1.52. The highest BCUT2D eigenvalue weighted by Crippen LogP contribution is 2.36. The van der Waals surface area contributed by atoms with Gasteiger partial charge in [-0.15, -0.1) is 0 Å². The van der Waals surface area contributed by atoms with E-state index in [-0.39, 0.29) is 41.4 Å². The molecule has 0 spiro atoms. The molecule has 1 fully saturated rings. The van der Waals surface area contributed by atoms with Crippen LogP contribution in [0.15, 0.2) is 78.7 Å². The summed E-state index contributed by atoms with van der Waals surface area (Å²) >= 11 is 0. The van der Waals surface area contributed by atoms with E-state index in [9.17, 15) is 4.79 Å². The number of nitrogens with two attached hydrogens (primary N) is 1. The fraction of sp³-hybridized carbons (Fsp3) is 0.226. The Hall–Kier alpha value is -5.79. The summed E-state index contributed by atoms with van der Waals surface area (Å²) in [5.74, 6) is 0.664. The molecule has 3 heterocycles. The number of hydrogen-bond acceptors (Lipinski definition) is 12. The zero-order valence-corrected chi connectivity index (χ0v) is 24.8. The summed E-state index contributed by atoms with van der Waals surface area (Å²) in [6.45, 7) is 8.11. The number of nitrogens with one attached hydrogen (secondary N) is 1. The summed E-state index contributed by atoms with van der Waals surface area (Å²) in [6, 6.07) is 7.93. The Morgan fingerprint density at radius 1 is 1.16 bits per heavy atom. The van der Waals surface area contributed by atoms with Gasteiger partial charge >= 0.3 is 6.01 Å². The van der Waals surface area contributed by atoms with Crippen molar-refractivity contribution < 1.29 is 28.1 Å². The SMILES string of the molecule is C=CC(=O)N1CC(Oc2cc3c(Nc4ccc(O/C(N)=C/C=Nc5cnc(OC(C)C)nc5)cc4F)ncnc3cc2OC)C1. The molecule has 1 aliphatic rings. The molecule has 232 valence electrons. The van der Waals surface area contributed by atoms with E-state index >= 15 is 4.39 Å². The molecule has 45 heavy (non-hydrogen) atoms. The number of nitrogens with zero attached hydrogens (tertiary/aromatic N) is 6. The van der Waals surface area contributed by atoms with Crippen molar-refractivity contribution in [3.05, 3.63) is 79.5 Å². The second-order valence-electron chi connectivity index (χ2n) is 10.0. The number of carbonyl (C=O) groups is 1. The molecule has 0 saturated carbocycles. The van der Waals surface area contributed by atoms with E-state index in [0.717, 1.165) is 0 Å². The smallest absolute Gasteiger partial charge is 0.316 e. The van der Waals surface area contributed by atoms with Crippen LogP contribution in [0.4, 0.5) is 21.6 Å². The quantitative estimate of drug-likeness (QED) is 0.132. The Morgan fingerprint density at radius 3 is 2.62 bits per heavy atom. The predicted octanol–water partition coefficient (Wildman–Crippen LogP) is 4.46. The minimum atomic E-state index is -0.604. The van der Waals surface area contributed by atoms with Crippen molar-refractivity contribution in [1.29, 1.82) is 0 Å². The third kappa shape index (κ3) is 7.60. The van der Waals surface area contributed by atoms with Crippen LogP contribution in [0.2, 0.25) is 0 Å². The maximum absolute atomic E-state index is 15.1. The van der Waals surface area contributed by atoms with E-state index in [1.807, 2.05) is 13.8 Å². The molecule has 2 aromatic carbocycles. The standard InChI is InChI=1S/C31H31FN8O5/c1-5-29(41)40-15-21(16-40)44-27-11-22-25(12-26(27)42-4)37-17-38-30(22)39-24-7-6-20(10-23(24)32)45-28(33)8-9-34-19-13-35-31(36-14-19)43-18(2)3/h5-14,17-18,21H,1,15-16,33H2,2-4H3,(H,37,38,39)/b28-8+,34-9?. The van der Waals surface area contributed by atoms with E-state index in [1.54, 1.807) is 23.1 Å². The van der Waals surface area contributed by atoms with Crippen molar-refractivity contribution in [3.8, 4) is 23.3 Å². The molecule has 0 bridgehead atoms. The second-order valence-corrected chi connectivity index (χ2v) is 10.0. The van der Waals surface area contributed by atoms with Crippen LogP contribution in [0.5, 0.6) is 23.3 Å². The minimum absolute atomic E-state index is 0.00810. The zero-order valence-electron chi connectivity index (χ0n) is 24.8. The molecule has 5 rings (SSSR count). The van der Waals surface area contributed by atoms with Gasteiger partial charge in [0.15, 0.2) is 17.4 Å². The first-order chi connectivity index (χ1) is 21.7. The predicted molar refractivity (Wildman–Crippen MR) is 166 cm³/mol. The Labute approximate surface area is 258 Å². The largest absolute Gasteiger partial charge is 0.493 e. The van der Waals surface area contributed by atoms with Gasteiger partial charge in [-0.1, -0.05) is 6.58 Å². The van der Waals surface area contributed by atoms with Gasteiger partial charge in [0.2, 0.25) is 5.91 Å². The number of likely N-dealkylation sites (tertiary alicyclic amines) is 1. The topological polar surface area (TPSA) is 159 Å². The number of amides is 1. The van der Waals surface area contributed by atoms with Gasteiger partial charge in [-0.3, -0.25) is 9.79 Å². The Morgan fingerprint density at radius 2 is 1.93 bits per heavy atom. The zero-order chi connectivity index (χ0) is 31.9. The molecular formula is C31H31FN8O5. The molecule has 0 atom stereocenters. The van der Waals surface area contributed by atoms with Crippen molar-refractivity contribution in [2.45, 2.75) is 26.1 Å². The molecule has 14 heteroatoms. The summed E-state index contributed by atoms with van der Waals surface area (Å²) in [4.78, 5) is 34.4. The van der Waals surface area contributed by atoms with E-state index in [1.165, 1.54) is 56.3 Å². The number of methoxy groups -OCH3 is 1. The molecule has 0 aliphatic carbocycles. The number of allylic oxidation sites excluding steroid dienone is 1. The Bertz CT molecular complexity index is 1760. The van der Waals surface area contributed by atoms with Crippen LogP contribution < -0.4 is 30.0 Å². The van der Waals surface area contributed by atoms with Crippen molar-refractivity contribution in [2.75, 3.05) is 25.5 Å². The van der Waals surface area contributed by atoms with E-state index < -0.39 is 5.82 Å². The monoisotopic (exact) mass is 614 g/mol. The first-order valence-corrected chi connectivity index (χ1v) is 13.9. The highest BCUT2D eigenvalue weighted by atomic mass is 19.1. The van der Waals surface area contributed by atoms with Gasteiger partial charge in [0.05, 0.1) is 55.6 Å². The van der Waals surface area contributed by atoms with Gasteiger partial charge < -0.3 is 34.9 Å². The van der Waals surface area contributed by atoms with Crippen molar-refractivity contribution in [3.63, 3.8) is 0 Å².